The van der Waals surface area contributed by atoms with Crippen LogP contribution in [0.5, 0.6) is 0 Å². The van der Waals surface area contributed by atoms with Gasteiger partial charge in [0, 0.05) is 37.3 Å². The highest BCUT2D eigenvalue weighted by molar-refractivity contribution is 5.96. The molecule has 0 bridgehead atoms. The minimum Gasteiger partial charge on any atom is -0.309 e. The molecule has 0 aromatic heterocycles. The molecule has 1 amide bonds. The third-order valence-electron chi connectivity index (χ3n) is 6.21. The number of benzene rings is 2. The van der Waals surface area contributed by atoms with Gasteiger partial charge in [-0.3, -0.25) is 4.79 Å². The van der Waals surface area contributed by atoms with Crippen LogP contribution in [0.2, 0.25) is 0 Å². The predicted octanol–water partition coefficient (Wildman–Crippen LogP) is 4.95. The van der Waals surface area contributed by atoms with Gasteiger partial charge in [0.05, 0.1) is 0 Å². The summed E-state index contributed by atoms with van der Waals surface area (Å²) in [5, 5.41) is 0. The fourth-order valence-electron chi connectivity index (χ4n) is 4.29. The topological polar surface area (TPSA) is 23.6 Å². The Kier molecular flexibility index (Phi) is 7.52. The number of hydrogen-bond acceptors (Lipinski definition) is 2. The molecule has 2 aromatic carbocycles. The number of nitrogens with zero attached hydrogens (tertiary/aromatic N) is 2. The van der Waals surface area contributed by atoms with Gasteiger partial charge in [0.1, 0.15) is 0 Å². The minimum atomic E-state index is 0. The zero-order valence-electron chi connectivity index (χ0n) is 16.5. The van der Waals surface area contributed by atoms with Crippen LogP contribution in [-0.4, -0.2) is 36.5 Å². The average molecular weight is 399 g/mol. The van der Waals surface area contributed by atoms with E-state index in [1.165, 1.54) is 12.0 Å². The zero-order valence-corrected chi connectivity index (χ0v) is 17.3. The summed E-state index contributed by atoms with van der Waals surface area (Å²) in [6, 6.07) is 21.4. The lowest BCUT2D eigenvalue weighted by Crippen LogP contribution is -2.50. The highest BCUT2D eigenvalue weighted by Crippen LogP contribution is 2.33. The number of rotatable bonds is 6. The molecule has 1 aliphatic carbocycles. The lowest BCUT2D eigenvalue weighted by atomic mass is 9.83. The quantitative estimate of drug-likeness (QED) is 0.687. The third kappa shape index (κ3) is 4.95. The molecule has 0 atom stereocenters. The molecule has 2 fully saturated rings. The van der Waals surface area contributed by atoms with Crippen LogP contribution >= 0.6 is 12.4 Å². The normalized spacial score (nSPS) is 18.1. The largest absolute Gasteiger partial charge is 0.309 e. The molecule has 4 heteroatoms. The van der Waals surface area contributed by atoms with Gasteiger partial charge in [-0.15, -0.1) is 12.4 Å². The molecular weight excluding hydrogens is 368 g/mol. The predicted molar refractivity (Wildman–Crippen MR) is 118 cm³/mol. The molecule has 0 N–H and O–H groups in total. The second-order valence-electron chi connectivity index (χ2n) is 7.98. The number of carbonyl (C=O) groups excluding carboxylic acids is 1. The molecule has 4 rings (SSSR count). The summed E-state index contributed by atoms with van der Waals surface area (Å²) in [6.07, 6.45) is 6.59. The summed E-state index contributed by atoms with van der Waals surface area (Å²) in [4.78, 5) is 17.8. The number of piperidine rings is 1. The van der Waals surface area contributed by atoms with Crippen LogP contribution < -0.4 is 4.90 Å². The van der Waals surface area contributed by atoms with Crippen molar-refractivity contribution in [2.24, 2.45) is 5.92 Å². The molecule has 2 aromatic rings. The zero-order chi connectivity index (χ0) is 18.5. The minimum absolute atomic E-state index is 0. The number of hydrogen-bond donors (Lipinski definition) is 0. The van der Waals surface area contributed by atoms with Crippen LogP contribution in [-0.2, 0) is 11.2 Å². The molecular formula is C24H31ClN2O. The molecule has 1 saturated heterocycles. The summed E-state index contributed by atoms with van der Waals surface area (Å²) in [6.45, 7) is 3.27. The van der Waals surface area contributed by atoms with Crippen LogP contribution in [0.1, 0.15) is 37.7 Å². The van der Waals surface area contributed by atoms with Crippen molar-refractivity contribution in [1.29, 1.82) is 0 Å². The summed E-state index contributed by atoms with van der Waals surface area (Å²) in [5.74, 6) is 0.608. The van der Waals surface area contributed by atoms with E-state index in [2.05, 4.69) is 52.3 Å². The van der Waals surface area contributed by atoms with E-state index >= 15 is 0 Å². The van der Waals surface area contributed by atoms with Crippen LogP contribution in [0.3, 0.4) is 0 Å². The van der Waals surface area contributed by atoms with Crippen LogP contribution in [0.25, 0.3) is 0 Å². The second kappa shape index (κ2) is 10.1. The van der Waals surface area contributed by atoms with E-state index in [9.17, 15) is 4.79 Å². The smallest absolute Gasteiger partial charge is 0.230 e. The molecule has 150 valence electrons. The van der Waals surface area contributed by atoms with E-state index in [0.717, 1.165) is 57.4 Å². The van der Waals surface area contributed by atoms with E-state index in [1.54, 1.807) is 0 Å². The average Bonchev–Trinajstić information content (AvgIpc) is 2.68. The van der Waals surface area contributed by atoms with Crippen molar-refractivity contribution in [2.45, 2.75) is 44.6 Å². The molecule has 3 nitrogen and oxygen atoms in total. The first-order valence-corrected chi connectivity index (χ1v) is 10.5. The van der Waals surface area contributed by atoms with E-state index in [1.807, 2.05) is 18.2 Å². The van der Waals surface area contributed by atoms with Gasteiger partial charge in [-0.2, -0.15) is 0 Å². The molecule has 1 saturated carbocycles. The number of para-hydroxylation sites is 1. The van der Waals surface area contributed by atoms with Gasteiger partial charge in [-0.1, -0.05) is 55.0 Å². The summed E-state index contributed by atoms with van der Waals surface area (Å²) in [5.41, 5.74) is 2.49. The molecule has 0 unspecified atom stereocenters. The number of amides is 1. The number of halogens is 1. The Morgan fingerprint density at radius 1 is 0.893 bits per heavy atom. The van der Waals surface area contributed by atoms with Gasteiger partial charge in [0.25, 0.3) is 0 Å². The first-order valence-electron chi connectivity index (χ1n) is 10.5. The van der Waals surface area contributed by atoms with Crippen molar-refractivity contribution < 1.29 is 4.79 Å². The third-order valence-corrected chi connectivity index (χ3v) is 6.21. The monoisotopic (exact) mass is 398 g/mol. The summed E-state index contributed by atoms with van der Waals surface area (Å²) in [7, 11) is 0. The van der Waals surface area contributed by atoms with Gasteiger partial charge in [-0.25, -0.2) is 0 Å². The maximum absolute atomic E-state index is 13.1. The Morgan fingerprint density at radius 2 is 1.50 bits per heavy atom. The Hall–Kier alpha value is -1.84. The van der Waals surface area contributed by atoms with Gasteiger partial charge in [0.15, 0.2) is 0 Å². The van der Waals surface area contributed by atoms with E-state index in [4.69, 9.17) is 0 Å². The van der Waals surface area contributed by atoms with Gasteiger partial charge < -0.3 is 9.80 Å². The van der Waals surface area contributed by atoms with Crippen molar-refractivity contribution in [2.75, 3.05) is 24.5 Å². The first-order chi connectivity index (χ1) is 13.3. The number of anilines is 1. The summed E-state index contributed by atoms with van der Waals surface area (Å²) >= 11 is 0. The molecule has 28 heavy (non-hydrogen) atoms. The number of likely N-dealkylation sites (tertiary alicyclic amines) is 1. The molecule has 1 aliphatic heterocycles. The Labute approximate surface area is 175 Å². The van der Waals surface area contributed by atoms with Crippen molar-refractivity contribution in [3.63, 3.8) is 0 Å². The van der Waals surface area contributed by atoms with Crippen LogP contribution in [0.4, 0.5) is 5.69 Å². The molecule has 0 radical (unpaired) electrons. The number of carbonyl (C=O) groups is 1. The van der Waals surface area contributed by atoms with Crippen molar-refractivity contribution in [3.8, 4) is 0 Å². The lowest BCUT2D eigenvalue weighted by molar-refractivity contribution is -0.125. The summed E-state index contributed by atoms with van der Waals surface area (Å²) < 4.78 is 0. The van der Waals surface area contributed by atoms with Gasteiger partial charge in [-0.05, 0) is 49.8 Å². The fourth-order valence-corrected chi connectivity index (χ4v) is 4.29. The highest BCUT2D eigenvalue weighted by atomic mass is 35.5. The fraction of sp³-hybridized carbons (Fsp3) is 0.458. The van der Waals surface area contributed by atoms with E-state index in [-0.39, 0.29) is 18.3 Å². The van der Waals surface area contributed by atoms with Crippen molar-refractivity contribution >= 4 is 24.0 Å². The van der Waals surface area contributed by atoms with Gasteiger partial charge in [0.2, 0.25) is 5.91 Å². The second-order valence-corrected chi connectivity index (χ2v) is 7.98. The lowest BCUT2D eigenvalue weighted by Gasteiger charge is -2.41. The maximum Gasteiger partial charge on any atom is 0.230 e. The first kappa shape index (κ1) is 20.9. The SMILES string of the molecule is Cl.O=C(C1CCC1)N(c1ccccc1)C1CCN(CCc2ccccc2)CC1. The standard InChI is InChI=1S/C24H30N2O.ClH/c27-24(21-10-7-11-21)26(22-12-5-2-6-13-22)23-15-18-25(19-16-23)17-14-20-8-3-1-4-9-20;/h1-6,8-9,12-13,21,23H,7,10-11,14-19H2;1H. The highest BCUT2D eigenvalue weighted by Gasteiger charge is 2.35. The maximum atomic E-state index is 13.1. The van der Waals surface area contributed by atoms with Crippen molar-refractivity contribution in [1.82, 2.24) is 4.90 Å². The van der Waals surface area contributed by atoms with Crippen LogP contribution in [0, 0.1) is 5.92 Å². The van der Waals surface area contributed by atoms with Crippen molar-refractivity contribution in [3.05, 3.63) is 66.2 Å². The molecule has 1 heterocycles. The van der Waals surface area contributed by atoms with Gasteiger partial charge >= 0.3 is 0 Å². The Bertz CT molecular complexity index is 725. The molecule has 2 aliphatic rings. The Balaban J connectivity index is 0.00000225. The van der Waals surface area contributed by atoms with Crippen LogP contribution in [0.15, 0.2) is 60.7 Å². The van der Waals surface area contributed by atoms with E-state index in [0.29, 0.717) is 11.9 Å². The Morgan fingerprint density at radius 3 is 2.07 bits per heavy atom. The van der Waals surface area contributed by atoms with E-state index < -0.39 is 0 Å². The molecule has 0 spiro atoms.